The fourth-order valence-corrected chi connectivity index (χ4v) is 1.61. The molecule has 0 aliphatic heterocycles. The quantitative estimate of drug-likeness (QED) is 0.822. The van der Waals surface area contributed by atoms with Crippen molar-refractivity contribution in [2.75, 3.05) is 7.11 Å². The molecule has 0 aliphatic carbocycles. The largest absolute Gasteiger partial charge is 0.497 e. The molecule has 0 saturated carbocycles. The predicted molar refractivity (Wildman–Crippen MR) is 69.5 cm³/mol. The van der Waals surface area contributed by atoms with E-state index in [0.717, 1.165) is 17.7 Å². The lowest BCUT2D eigenvalue weighted by Crippen LogP contribution is -2.33. The van der Waals surface area contributed by atoms with E-state index in [0.29, 0.717) is 0 Å². The third-order valence-electron chi connectivity index (χ3n) is 2.60. The first-order valence-corrected chi connectivity index (χ1v) is 6.10. The van der Waals surface area contributed by atoms with Crippen LogP contribution >= 0.6 is 11.6 Å². The number of hydrogen-bond acceptors (Lipinski definition) is 2. The van der Waals surface area contributed by atoms with Crippen LogP contribution in [-0.4, -0.2) is 18.4 Å². The van der Waals surface area contributed by atoms with Gasteiger partial charge in [-0.3, -0.25) is 4.79 Å². The molecule has 0 fully saturated rings. The van der Waals surface area contributed by atoms with Crippen LogP contribution in [0.25, 0.3) is 0 Å². The molecule has 94 valence electrons. The van der Waals surface area contributed by atoms with Gasteiger partial charge < -0.3 is 10.1 Å². The van der Waals surface area contributed by atoms with Crippen LogP contribution in [0.15, 0.2) is 24.3 Å². The van der Waals surface area contributed by atoms with Gasteiger partial charge in [-0.1, -0.05) is 19.1 Å². The molecule has 1 N–H and O–H groups in total. The van der Waals surface area contributed by atoms with Crippen LogP contribution in [0.3, 0.4) is 0 Å². The van der Waals surface area contributed by atoms with Crippen LogP contribution in [0, 0.1) is 0 Å². The van der Waals surface area contributed by atoms with Crippen LogP contribution < -0.4 is 10.1 Å². The van der Waals surface area contributed by atoms with E-state index in [4.69, 9.17) is 16.3 Å². The van der Waals surface area contributed by atoms with Crippen molar-refractivity contribution in [1.29, 1.82) is 0 Å². The Morgan fingerprint density at radius 3 is 2.41 bits per heavy atom. The normalized spacial score (nSPS) is 13.9. The van der Waals surface area contributed by atoms with Crippen LogP contribution in [-0.2, 0) is 4.79 Å². The molecule has 0 heterocycles. The fourth-order valence-electron chi connectivity index (χ4n) is 1.54. The van der Waals surface area contributed by atoms with Crippen molar-refractivity contribution >= 4 is 17.5 Å². The molecule has 0 aromatic heterocycles. The number of carbonyl (C=O) groups excluding carboxylic acids is 1. The number of nitrogens with one attached hydrogen (secondary N) is 1. The van der Waals surface area contributed by atoms with Crippen molar-refractivity contribution in [2.24, 2.45) is 0 Å². The highest BCUT2D eigenvalue weighted by molar-refractivity contribution is 6.30. The van der Waals surface area contributed by atoms with Gasteiger partial charge in [0.15, 0.2) is 0 Å². The zero-order valence-electron chi connectivity index (χ0n) is 10.4. The molecular formula is C13H18ClNO2. The Morgan fingerprint density at radius 2 is 2.00 bits per heavy atom. The third kappa shape index (κ3) is 3.93. The monoisotopic (exact) mass is 255 g/mol. The Hall–Kier alpha value is -1.22. The summed E-state index contributed by atoms with van der Waals surface area (Å²) in [6.07, 6.45) is 0.821. The highest BCUT2D eigenvalue weighted by Crippen LogP contribution is 2.20. The Morgan fingerprint density at radius 1 is 1.41 bits per heavy atom. The first-order chi connectivity index (χ1) is 8.08. The summed E-state index contributed by atoms with van der Waals surface area (Å²) in [4.78, 5) is 11.5. The highest BCUT2D eigenvalue weighted by Gasteiger charge is 2.15. The number of amides is 1. The SMILES string of the molecule is CCC(NC(=O)C(C)Cl)c1ccc(OC)cc1. The van der Waals surface area contributed by atoms with Crippen molar-refractivity contribution in [3.8, 4) is 5.75 Å². The average Bonchev–Trinajstić information content (AvgIpc) is 2.35. The van der Waals surface area contributed by atoms with Gasteiger partial charge in [0.05, 0.1) is 13.2 Å². The first-order valence-electron chi connectivity index (χ1n) is 5.66. The molecule has 3 nitrogen and oxygen atoms in total. The van der Waals surface area contributed by atoms with Crippen LogP contribution in [0.1, 0.15) is 31.9 Å². The molecule has 0 aliphatic rings. The van der Waals surface area contributed by atoms with Crippen molar-refractivity contribution in [3.05, 3.63) is 29.8 Å². The minimum absolute atomic E-state index is 0.00499. The van der Waals surface area contributed by atoms with E-state index in [1.165, 1.54) is 0 Å². The molecule has 4 heteroatoms. The van der Waals surface area contributed by atoms with E-state index in [1.54, 1.807) is 14.0 Å². The Labute approximate surface area is 107 Å². The number of ether oxygens (including phenoxy) is 1. The van der Waals surface area contributed by atoms with Gasteiger partial charge in [-0.25, -0.2) is 0 Å². The molecule has 17 heavy (non-hydrogen) atoms. The van der Waals surface area contributed by atoms with Crippen molar-refractivity contribution in [2.45, 2.75) is 31.7 Å². The molecule has 1 aromatic rings. The number of benzene rings is 1. The number of hydrogen-bond donors (Lipinski definition) is 1. The second-order valence-corrected chi connectivity index (χ2v) is 4.51. The maximum Gasteiger partial charge on any atom is 0.238 e. The molecule has 1 aromatic carbocycles. The zero-order chi connectivity index (χ0) is 12.8. The smallest absolute Gasteiger partial charge is 0.238 e. The van der Waals surface area contributed by atoms with Gasteiger partial charge in [0.1, 0.15) is 11.1 Å². The highest BCUT2D eigenvalue weighted by atomic mass is 35.5. The predicted octanol–water partition coefficient (Wildman–Crippen LogP) is 2.89. The van der Waals surface area contributed by atoms with E-state index in [1.807, 2.05) is 31.2 Å². The van der Waals surface area contributed by atoms with E-state index >= 15 is 0 Å². The molecule has 0 saturated heterocycles. The fraction of sp³-hybridized carbons (Fsp3) is 0.462. The number of halogens is 1. The summed E-state index contributed by atoms with van der Waals surface area (Å²) >= 11 is 5.73. The lowest BCUT2D eigenvalue weighted by Gasteiger charge is -2.18. The van der Waals surface area contributed by atoms with E-state index in [2.05, 4.69) is 5.32 Å². The second kappa shape index (κ2) is 6.50. The van der Waals surface area contributed by atoms with Gasteiger partial charge in [-0.15, -0.1) is 11.6 Å². The second-order valence-electron chi connectivity index (χ2n) is 3.86. The van der Waals surface area contributed by atoms with E-state index in [9.17, 15) is 4.79 Å². The van der Waals surface area contributed by atoms with Crippen LogP contribution in [0.5, 0.6) is 5.75 Å². The zero-order valence-corrected chi connectivity index (χ0v) is 11.1. The summed E-state index contributed by atoms with van der Waals surface area (Å²) < 4.78 is 5.09. The van der Waals surface area contributed by atoms with Crippen LogP contribution in [0.2, 0.25) is 0 Å². The number of carbonyl (C=O) groups is 1. The Bertz CT molecular complexity index is 362. The van der Waals surface area contributed by atoms with E-state index < -0.39 is 5.38 Å². The van der Waals surface area contributed by atoms with Gasteiger partial charge >= 0.3 is 0 Å². The maximum absolute atomic E-state index is 11.5. The minimum atomic E-state index is -0.512. The van der Waals surface area contributed by atoms with Crippen molar-refractivity contribution in [3.63, 3.8) is 0 Å². The van der Waals surface area contributed by atoms with Crippen LogP contribution in [0.4, 0.5) is 0 Å². The number of alkyl halides is 1. The molecule has 1 rings (SSSR count). The average molecular weight is 256 g/mol. The summed E-state index contributed by atoms with van der Waals surface area (Å²) in [5.74, 6) is 0.662. The molecule has 1 amide bonds. The Kier molecular flexibility index (Phi) is 5.29. The van der Waals surface area contributed by atoms with Gasteiger partial charge in [0.2, 0.25) is 5.91 Å². The molecule has 0 bridgehead atoms. The Balaban J connectivity index is 2.75. The number of rotatable bonds is 5. The summed E-state index contributed by atoms with van der Waals surface area (Å²) in [5.41, 5.74) is 1.05. The third-order valence-corrected chi connectivity index (χ3v) is 2.80. The summed E-state index contributed by atoms with van der Waals surface area (Å²) in [6.45, 7) is 3.69. The van der Waals surface area contributed by atoms with Gasteiger partial charge in [0.25, 0.3) is 0 Å². The maximum atomic E-state index is 11.5. The molecule has 2 unspecified atom stereocenters. The minimum Gasteiger partial charge on any atom is -0.497 e. The lowest BCUT2D eigenvalue weighted by atomic mass is 10.0. The molecule has 0 radical (unpaired) electrons. The van der Waals surface area contributed by atoms with Crippen molar-refractivity contribution < 1.29 is 9.53 Å². The van der Waals surface area contributed by atoms with Gasteiger partial charge in [-0.05, 0) is 31.0 Å². The number of methoxy groups -OCH3 is 1. The molecule has 2 atom stereocenters. The summed E-state index contributed by atoms with van der Waals surface area (Å²) in [5, 5.41) is 2.40. The van der Waals surface area contributed by atoms with Crippen molar-refractivity contribution in [1.82, 2.24) is 5.32 Å². The standard InChI is InChI=1S/C13H18ClNO2/c1-4-12(15-13(16)9(2)14)10-5-7-11(17-3)8-6-10/h5-9,12H,4H2,1-3H3,(H,15,16). The topological polar surface area (TPSA) is 38.3 Å². The summed E-state index contributed by atoms with van der Waals surface area (Å²) in [7, 11) is 1.63. The molecule has 0 spiro atoms. The molecular weight excluding hydrogens is 238 g/mol. The van der Waals surface area contributed by atoms with Gasteiger partial charge in [0, 0.05) is 0 Å². The van der Waals surface area contributed by atoms with E-state index in [-0.39, 0.29) is 11.9 Å². The summed E-state index contributed by atoms with van der Waals surface area (Å²) in [6, 6.07) is 7.66. The first kappa shape index (κ1) is 13.8. The lowest BCUT2D eigenvalue weighted by molar-refractivity contribution is -0.121. The van der Waals surface area contributed by atoms with Gasteiger partial charge in [-0.2, -0.15) is 0 Å².